The van der Waals surface area contributed by atoms with Crippen molar-refractivity contribution >= 4 is 22.6 Å². The average Bonchev–Trinajstić information content (AvgIpc) is 2.26. The summed E-state index contributed by atoms with van der Waals surface area (Å²) in [5.74, 6) is 0. The number of hydrogen-bond acceptors (Lipinski definition) is 0. The van der Waals surface area contributed by atoms with E-state index in [4.69, 9.17) is 0 Å². The fourth-order valence-corrected chi connectivity index (χ4v) is 2.83. The molecule has 0 N–H and O–H groups in total. The van der Waals surface area contributed by atoms with Crippen molar-refractivity contribution in [1.29, 1.82) is 0 Å². The van der Waals surface area contributed by atoms with Crippen LogP contribution in [0.3, 0.4) is 0 Å². The van der Waals surface area contributed by atoms with Gasteiger partial charge in [-0.1, -0.05) is 35.9 Å². The molecule has 0 saturated carbocycles. The molecule has 2 aromatic rings. The van der Waals surface area contributed by atoms with Gasteiger partial charge < -0.3 is 0 Å². The van der Waals surface area contributed by atoms with Crippen LogP contribution in [0.25, 0.3) is 11.1 Å². The highest BCUT2D eigenvalue weighted by Gasteiger charge is 2.10. The molecule has 0 radical (unpaired) electrons. The summed E-state index contributed by atoms with van der Waals surface area (Å²) >= 11 is 2.45. The highest BCUT2D eigenvalue weighted by molar-refractivity contribution is 14.1. The summed E-state index contributed by atoms with van der Waals surface area (Å²) in [6.45, 7) is 8.75. The van der Waals surface area contributed by atoms with Gasteiger partial charge in [0.2, 0.25) is 0 Å². The summed E-state index contributed by atoms with van der Waals surface area (Å²) in [5, 5.41) is 0. The van der Waals surface area contributed by atoms with Crippen molar-refractivity contribution in [3.8, 4) is 11.1 Å². The van der Waals surface area contributed by atoms with Crippen LogP contribution < -0.4 is 0 Å². The van der Waals surface area contributed by atoms with Gasteiger partial charge in [-0.2, -0.15) is 0 Å². The average molecular weight is 336 g/mol. The van der Waals surface area contributed by atoms with Gasteiger partial charge in [0.1, 0.15) is 0 Å². The lowest BCUT2D eigenvalue weighted by Gasteiger charge is -2.14. The minimum Gasteiger partial charge on any atom is -0.0614 e. The van der Waals surface area contributed by atoms with Crippen LogP contribution in [0.4, 0.5) is 0 Å². The van der Waals surface area contributed by atoms with Crippen molar-refractivity contribution < 1.29 is 0 Å². The molecule has 0 bridgehead atoms. The Morgan fingerprint density at radius 1 is 0.882 bits per heavy atom. The van der Waals surface area contributed by atoms with Gasteiger partial charge in [0.05, 0.1) is 0 Å². The Balaban J connectivity index is 2.72. The van der Waals surface area contributed by atoms with E-state index in [1.54, 1.807) is 0 Å². The summed E-state index contributed by atoms with van der Waals surface area (Å²) in [7, 11) is 0. The topological polar surface area (TPSA) is 0 Å². The van der Waals surface area contributed by atoms with Crippen molar-refractivity contribution in [3.63, 3.8) is 0 Å². The minimum absolute atomic E-state index is 1.32. The van der Waals surface area contributed by atoms with E-state index in [1.165, 1.54) is 37.0 Å². The van der Waals surface area contributed by atoms with E-state index in [0.717, 1.165) is 0 Å². The molecule has 0 fully saturated rings. The third kappa shape index (κ3) is 2.39. The second-order valence-corrected chi connectivity index (χ2v) is 5.77. The molecule has 0 atom stereocenters. The van der Waals surface area contributed by atoms with Gasteiger partial charge in [0.15, 0.2) is 0 Å². The Kier molecular flexibility index (Phi) is 3.57. The van der Waals surface area contributed by atoms with Crippen LogP contribution in [0.15, 0.2) is 30.3 Å². The summed E-state index contributed by atoms with van der Waals surface area (Å²) in [6, 6.07) is 11.0. The first-order valence-corrected chi connectivity index (χ1v) is 6.92. The van der Waals surface area contributed by atoms with Gasteiger partial charge in [0, 0.05) is 3.57 Å². The maximum Gasteiger partial charge on any atom is 0.0195 e. The third-order valence-corrected chi connectivity index (χ3v) is 4.84. The fraction of sp³-hybridized carbons (Fsp3) is 0.250. The lowest BCUT2D eigenvalue weighted by Crippen LogP contribution is -1.95. The Morgan fingerprint density at radius 3 is 2.24 bits per heavy atom. The zero-order valence-electron chi connectivity index (χ0n) is 10.8. The molecule has 0 aliphatic heterocycles. The van der Waals surface area contributed by atoms with Crippen molar-refractivity contribution in [3.05, 3.63) is 56.2 Å². The van der Waals surface area contributed by atoms with E-state index in [0.29, 0.717) is 0 Å². The maximum atomic E-state index is 2.45. The molecule has 0 nitrogen and oxygen atoms in total. The molecule has 17 heavy (non-hydrogen) atoms. The van der Waals surface area contributed by atoms with Crippen LogP contribution in [-0.4, -0.2) is 0 Å². The highest BCUT2D eigenvalue weighted by Crippen LogP contribution is 2.32. The molecule has 88 valence electrons. The number of rotatable bonds is 1. The van der Waals surface area contributed by atoms with Crippen molar-refractivity contribution in [2.75, 3.05) is 0 Å². The van der Waals surface area contributed by atoms with Crippen LogP contribution in [0, 0.1) is 31.3 Å². The molecule has 0 aromatic heterocycles. The number of hydrogen-bond donors (Lipinski definition) is 0. The second kappa shape index (κ2) is 4.81. The molecule has 0 spiro atoms. The summed E-state index contributed by atoms with van der Waals surface area (Å²) < 4.78 is 1.38. The lowest BCUT2D eigenvalue weighted by atomic mass is 9.93. The highest BCUT2D eigenvalue weighted by atomic mass is 127. The molecule has 0 unspecified atom stereocenters. The van der Waals surface area contributed by atoms with E-state index in [9.17, 15) is 0 Å². The van der Waals surface area contributed by atoms with Crippen LogP contribution >= 0.6 is 22.6 Å². The molecule has 0 aliphatic rings. The standard InChI is InChI=1S/C16H17I/c1-10-6-5-7-14(8-10)15-11(2)9-12(3)16(17)13(15)4/h5-9H,1-4H3. The zero-order chi connectivity index (χ0) is 12.6. The number of benzene rings is 2. The summed E-state index contributed by atoms with van der Waals surface area (Å²) in [4.78, 5) is 0. The van der Waals surface area contributed by atoms with Crippen molar-refractivity contribution in [2.24, 2.45) is 0 Å². The third-order valence-electron chi connectivity index (χ3n) is 3.18. The zero-order valence-corrected chi connectivity index (χ0v) is 12.9. The van der Waals surface area contributed by atoms with Crippen LogP contribution in [0.1, 0.15) is 22.3 Å². The first-order chi connectivity index (χ1) is 8.00. The van der Waals surface area contributed by atoms with E-state index in [1.807, 2.05) is 0 Å². The van der Waals surface area contributed by atoms with Gasteiger partial charge >= 0.3 is 0 Å². The van der Waals surface area contributed by atoms with Gasteiger partial charge in [0.25, 0.3) is 0 Å². The molecule has 0 aliphatic carbocycles. The first-order valence-electron chi connectivity index (χ1n) is 5.84. The Hall–Kier alpha value is -0.830. The molecule has 1 heteroatoms. The molecule has 0 heterocycles. The maximum absolute atomic E-state index is 2.45. The van der Waals surface area contributed by atoms with Crippen LogP contribution in [0.5, 0.6) is 0 Å². The van der Waals surface area contributed by atoms with E-state index >= 15 is 0 Å². The van der Waals surface area contributed by atoms with E-state index in [2.05, 4.69) is 80.6 Å². The quantitative estimate of drug-likeness (QED) is 0.629. The monoisotopic (exact) mass is 336 g/mol. The van der Waals surface area contributed by atoms with E-state index in [-0.39, 0.29) is 0 Å². The largest absolute Gasteiger partial charge is 0.0614 e. The summed E-state index contributed by atoms with van der Waals surface area (Å²) in [5.41, 5.74) is 8.18. The van der Waals surface area contributed by atoms with E-state index < -0.39 is 0 Å². The van der Waals surface area contributed by atoms with Gasteiger partial charge in [-0.3, -0.25) is 0 Å². The molecular weight excluding hydrogens is 319 g/mol. The predicted octanol–water partition coefficient (Wildman–Crippen LogP) is 5.19. The molecular formula is C16H17I. The van der Waals surface area contributed by atoms with Crippen LogP contribution in [-0.2, 0) is 0 Å². The van der Waals surface area contributed by atoms with Crippen LogP contribution in [0.2, 0.25) is 0 Å². The Bertz CT molecular complexity index is 568. The lowest BCUT2D eigenvalue weighted by molar-refractivity contribution is 1.28. The smallest absolute Gasteiger partial charge is 0.0195 e. The molecule has 0 saturated heterocycles. The predicted molar refractivity (Wildman–Crippen MR) is 83.5 cm³/mol. The molecule has 2 rings (SSSR count). The molecule has 2 aromatic carbocycles. The first kappa shape index (κ1) is 12.6. The minimum atomic E-state index is 1.32. The second-order valence-electron chi connectivity index (χ2n) is 4.69. The molecule has 0 amide bonds. The SMILES string of the molecule is Cc1cccc(-c2c(C)cc(C)c(I)c2C)c1. The van der Waals surface area contributed by atoms with Gasteiger partial charge in [-0.25, -0.2) is 0 Å². The summed E-state index contributed by atoms with van der Waals surface area (Å²) in [6.07, 6.45) is 0. The normalized spacial score (nSPS) is 10.6. The fourth-order valence-electron chi connectivity index (χ4n) is 2.41. The van der Waals surface area contributed by atoms with Crippen molar-refractivity contribution in [2.45, 2.75) is 27.7 Å². The Labute approximate surface area is 117 Å². The van der Waals surface area contributed by atoms with Gasteiger partial charge in [-0.05, 0) is 78.1 Å². The number of aryl methyl sites for hydroxylation is 3. The number of halogens is 1. The Morgan fingerprint density at radius 2 is 1.59 bits per heavy atom. The van der Waals surface area contributed by atoms with Crippen molar-refractivity contribution in [1.82, 2.24) is 0 Å². The van der Waals surface area contributed by atoms with Gasteiger partial charge in [-0.15, -0.1) is 0 Å².